The molecule has 0 amide bonds. The topological polar surface area (TPSA) is 77.2 Å². The fourth-order valence-corrected chi connectivity index (χ4v) is 3.57. The van der Waals surface area contributed by atoms with Gasteiger partial charge in [-0.2, -0.15) is 4.98 Å². The van der Waals surface area contributed by atoms with Crippen molar-refractivity contribution in [2.45, 2.75) is 25.9 Å². The number of hydrogen-bond acceptors (Lipinski definition) is 7. The molecule has 0 saturated carbocycles. The summed E-state index contributed by atoms with van der Waals surface area (Å²) in [6.07, 6.45) is 0.903. The molecule has 26 heavy (non-hydrogen) atoms. The Bertz CT molecular complexity index is 908. The summed E-state index contributed by atoms with van der Waals surface area (Å²) >= 11 is 0. The Balaban J connectivity index is 1.57. The van der Waals surface area contributed by atoms with Gasteiger partial charge in [-0.3, -0.25) is 0 Å². The van der Waals surface area contributed by atoms with E-state index in [1.807, 2.05) is 12.1 Å². The monoisotopic (exact) mass is 351 g/mol. The van der Waals surface area contributed by atoms with Gasteiger partial charge >= 0.3 is 0 Å². The summed E-state index contributed by atoms with van der Waals surface area (Å²) in [5.41, 5.74) is 2.72. The van der Waals surface area contributed by atoms with Gasteiger partial charge in [0.15, 0.2) is 17.3 Å². The molecule has 1 aliphatic rings. The standard InChI is InChI=1S/C19H21N5O2/c1-13-6-4-5-7-15(13)19(25-3)10-11-24(12-19)17-9-8-16(21-22-17)18-20-14(2)23-26-18/h4-9H,10-12H2,1-3H3. The van der Waals surface area contributed by atoms with Crippen LogP contribution in [0.2, 0.25) is 0 Å². The average molecular weight is 351 g/mol. The second-order valence-electron chi connectivity index (χ2n) is 6.61. The first-order valence-corrected chi connectivity index (χ1v) is 8.62. The van der Waals surface area contributed by atoms with E-state index in [1.165, 1.54) is 11.1 Å². The largest absolute Gasteiger partial charge is 0.372 e. The quantitative estimate of drug-likeness (QED) is 0.715. The molecule has 3 aromatic rings. The van der Waals surface area contributed by atoms with Crippen LogP contribution in [-0.2, 0) is 10.3 Å². The number of ether oxygens (including phenoxy) is 1. The van der Waals surface area contributed by atoms with Crippen molar-refractivity contribution < 1.29 is 9.26 Å². The van der Waals surface area contributed by atoms with Crippen molar-refractivity contribution in [3.05, 3.63) is 53.3 Å². The van der Waals surface area contributed by atoms with Gasteiger partial charge in [0.05, 0.1) is 6.54 Å². The first-order chi connectivity index (χ1) is 12.6. The van der Waals surface area contributed by atoms with Gasteiger partial charge in [-0.1, -0.05) is 29.4 Å². The molecule has 0 N–H and O–H groups in total. The van der Waals surface area contributed by atoms with E-state index in [0.717, 1.165) is 25.3 Å². The molecule has 0 radical (unpaired) electrons. The number of nitrogens with zero attached hydrogens (tertiary/aromatic N) is 5. The van der Waals surface area contributed by atoms with Gasteiger partial charge in [-0.25, -0.2) is 0 Å². The van der Waals surface area contributed by atoms with E-state index in [0.29, 0.717) is 17.4 Å². The second-order valence-corrected chi connectivity index (χ2v) is 6.61. The smallest absolute Gasteiger partial charge is 0.278 e. The van der Waals surface area contributed by atoms with Crippen molar-refractivity contribution in [3.63, 3.8) is 0 Å². The molecule has 1 saturated heterocycles. The predicted octanol–water partition coefficient (Wildman–Crippen LogP) is 2.90. The van der Waals surface area contributed by atoms with Crippen molar-refractivity contribution >= 4 is 5.82 Å². The zero-order valence-corrected chi connectivity index (χ0v) is 15.1. The van der Waals surface area contributed by atoms with Crippen molar-refractivity contribution in [1.29, 1.82) is 0 Å². The summed E-state index contributed by atoms with van der Waals surface area (Å²) in [4.78, 5) is 6.38. The molecular formula is C19H21N5O2. The summed E-state index contributed by atoms with van der Waals surface area (Å²) in [5, 5.41) is 12.4. The lowest BCUT2D eigenvalue weighted by atomic mass is 9.89. The molecule has 1 unspecified atom stereocenters. The van der Waals surface area contributed by atoms with Crippen LogP contribution in [0.3, 0.4) is 0 Å². The number of aromatic nitrogens is 4. The molecule has 1 aromatic carbocycles. The Labute approximate surface area is 152 Å². The minimum Gasteiger partial charge on any atom is -0.372 e. The van der Waals surface area contributed by atoms with E-state index in [2.05, 4.69) is 56.4 Å². The number of methoxy groups -OCH3 is 1. The van der Waals surface area contributed by atoms with Crippen LogP contribution in [0.5, 0.6) is 0 Å². The van der Waals surface area contributed by atoms with Gasteiger partial charge in [0.1, 0.15) is 5.60 Å². The molecule has 0 aliphatic carbocycles. The zero-order chi connectivity index (χ0) is 18.1. The number of benzene rings is 1. The lowest BCUT2D eigenvalue weighted by Crippen LogP contribution is -2.34. The van der Waals surface area contributed by atoms with Crippen LogP contribution >= 0.6 is 0 Å². The Morgan fingerprint density at radius 3 is 2.62 bits per heavy atom. The lowest BCUT2D eigenvalue weighted by molar-refractivity contribution is 0.00426. The third-order valence-corrected chi connectivity index (χ3v) is 4.98. The molecule has 7 heteroatoms. The maximum atomic E-state index is 5.99. The molecule has 0 bridgehead atoms. The maximum Gasteiger partial charge on any atom is 0.278 e. The number of anilines is 1. The first kappa shape index (κ1) is 16.7. The highest BCUT2D eigenvalue weighted by Crippen LogP contribution is 2.38. The molecule has 1 aliphatic heterocycles. The van der Waals surface area contributed by atoms with Crippen molar-refractivity contribution in [3.8, 4) is 11.6 Å². The lowest BCUT2D eigenvalue weighted by Gasteiger charge is -2.30. The van der Waals surface area contributed by atoms with Crippen LogP contribution in [0.15, 0.2) is 40.9 Å². The van der Waals surface area contributed by atoms with E-state index >= 15 is 0 Å². The zero-order valence-electron chi connectivity index (χ0n) is 15.1. The Morgan fingerprint density at radius 2 is 1.96 bits per heavy atom. The molecule has 0 spiro atoms. The summed E-state index contributed by atoms with van der Waals surface area (Å²) < 4.78 is 11.1. The molecular weight excluding hydrogens is 330 g/mol. The fraction of sp³-hybridized carbons (Fsp3) is 0.368. The molecule has 7 nitrogen and oxygen atoms in total. The number of hydrogen-bond donors (Lipinski definition) is 0. The van der Waals surface area contributed by atoms with E-state index < -0.39 is 0 Å². The summed E-state index contributed by atoms with van der Waals surface area (Å²) in [6.45, 7) is 5.49. The Kier molecular flexibility index (Phi) is 4.16. The molecule has 134 valence electrons. The third-order valence-electron chi connectivity index (χ3n) is 4.98. The highest BCUT2D eigenvalue weighted by atomic mass is 16.5. The van der Waals surface area contributed by atoms with Crippen LogP contribution < -0.4 is 4.90 Å². The summed E-state index contributed by atoms with van der Waals surface area (Å²) in [5.74, 6) is 1.78. The first-order valence-electron chi connectivity index (χ1n) is 8.62. The van der Waals surface area contributed by atoms with Gasteiger partial charge < -0.3 is 14.2 Å². The normalized spacial score (nSPS) is 19.9. The van der Waals surface area contributed by atoms with Gasteiger partial charge in [-0.05, 0) is 43.5 Å². The Hall–Kier alpha value is -2.80. The average Bonchev–Trinajstić information content (AvgIpc) is 3.30. The summed E-state index contributed by atoms with van der Waals surface area (Å²) in [7, 11) is 1.78. The van der Waals surface area contributed by atoms with Crippen molar-refractivity contribution in [2.75, 3.05) is 25.1 Å². The molecule has 1 fully saturated rings. The molecule has 2 aromatic heterocycles. The van der Waals surface area contributed by atoms with Crippen LogP contribution in [-0.4, -0.2) is 40.5 Å². The van der Waals surface area contributed by atoms with Crippen LogP contribution in [0.25, 0.3) is 11.6 Å². The minimum atomic E-state index is -0.324. The van der Waals surface area contributed by atoms with Crippen LogP contribution in [0.1, 0.15) is 23.4 Å². The second kappa shape index (κ2) is 6.49. The number of aryl methyl sites for hydroxylation is 2. The maximum absolute atomic E-state index is 5.99. The van der Waals surface area contributed by atoms with Gasteiger partial charge in [0.2, 0.25) is 0 Å². The van der Waals surface area contributed by atoms with Gasteiger partial charge in [0.25, 0.3) is 5.89 Å². The van der Waals surface area contributed by atoms with E-state index in [1.54, 1.807) is 14.0 Å². The highest BCUT2D eigenvalue weighted by Gasteiger charge is 2.41. The van der Waals surface area contributed by atoms with Crippen LogP contribution in [0.4, 0.5) is 5.82 Å². The van der Waals surface area contributed by atoms with Crippen molar-refractivity contribution in [2.24, 2.45) is 0 Å². The van der Waals surface area contributed by atoms with E-state index in [4.69, 9.17) is 9.26 Å². The van der Waals surface area contributed by atoms with E-state index in [9.17, 15) is 0 Å². The third kappa shape index (κ3) is 2.84. The van der Waals surface area contributed by atoms with E-state index in [-0.39, 0.29) is 5.60 Å². The Morgan fingerprint density at radius 1 is 1.12 bits per heavy atom. The SMILES string of the molecule is COC1(c2ccccc2C)CCN(c2ccc(-c3nc(C)no3)nn2)C1. The molecule has 1 atom stereocenters. The fourth-order valence-electron chi connectivity index (χ4n) is 3.57. The van der Waals surface area contributed by atoms with Crippen LogP contribution in [0, 0.1) is 13.8 Å². The number of rotatable bonds is 4. The molecule has 4 rings (SSSR count). The minimum absolute atomic E-state index is 0.324. The van der Waals surface area contributed by atoms with Gasteiger partial charge in [0, 0.05) is 13.7 Å². The van der Waals surface area contributed by atoms with Crippen molar-refractivity contribution in [1.82, 2.24) is 20.3 Å². The summed E-state index contributed by atoms with van der Waals surface area (Å²) in [6, 6.07) is 12.2. The van der Waals surface area contributed by atoms with Gasteiger partial charge in [-0.15, -0.1) is 10.2 Å². The molecule has 3 heterocycles. The predicted molar refractivity (Wildman–Crippen MR) is 96.8 cm³/mol. The highest BCUT2D eigenvalue weighted by molar-refractivity contribution is 5.50.